The van der Waals surface area contributed by atoms with Crippen LogP contribution >= 0.6 is 15.9 Å². The van der Waals surface area contributed by atoms with Gasteiger partial charge >= 0.3 is 0 Å². The maximum atomic E-state index is 7.78. The standard InChI is InChI=1S/C9H8BrN3/c1-7-4-12-13(6-7)9-3-2-8(10)5-11-9/h2-6H,1H3/i1D3,4D,6D. The monoisotopic (exact) mass is 242 g/mol. The van der Waals surface area contributed by atoms with Crippen molar-refractivity contribution in [3.63, 3.8) is 0 Å². The first-order valence-electron chi connectivity index (χ1n) is 5.99. The molecule has 4 heteroatoms. The van der Waals surface area contributed by atoms with Crippen LogP contribution in [0.3, 0.4) is 0 Å². The zero-order valence-corrected chi connectivity index (χ0v) is 8.04. The highest BCUT2D eigenvalue weighted by Crippen LogP contribution is 2.10. The summed E-state index contributed by atoms with van der Waals surface area (Å²) in [6, 6.07) is 3.28. The van der Waals surface area contributed by atoms with Gasteiger partial charge in [0.05, 0.1) is 8.91 Å². The Morgan fingerprint density at radius 3 is 3.15 bits per heavy atom. The minimum atomic E-state index is -2.53. The van der Waals surface area contributed by atoms with E-state index in [-0.39, 0.29) is 11.7 Å². The van der Waals surface area contributed by atoms with E-state index in [4.69, 9.17) is 6.85 Å². The number of rotatable bonds is 1. The fourth-order valence-electron chi connectivity index (χ4n) is 0.858. The van der Waals surface area contributed by atoms with E-state index in [0.717, 1.165) is 9.15 Å². The summed E-state index contributed by atoms with van der Waals surface area (Å²) in [4.78, 5) is 4.01. The van der Waals surface area contributed by atoms with Gasteiger partial charge in [-0.05, 0) is 40.5 Å². The molecular formula is C9H8BrN3. The number of hydrogen-bond donors (Lipinski definition) is 0. The molecule has 0 aromatic carbocycles. The predicted octanol–water partition coefficient (Wildman–Crippen LogP) is 2.34. The van der Waals surface area contributed by atoms with Crippen molar-refractivity contribution < 1.29 is 6.85 Å². The van der Waals surface area contributed by atoms with Crippen molar-refractivity contribution in [1.82, 2.24) is 14.8 Å². The van der Waals surface area contributed by atoms with E-state index in [1.165, 1.54) is 6.20 Å². The molecule has 0 radical (unpaired) electrons. The average molecular weight is 243 g/mol. The van der Waals surface area contributed by atoms with Crippen LogP contribution < -0.4 is 0 Å². The van der Waals surface area contributed by atoms with Crippen molar-refractivity contribution in [2.24, 2.45) is 0 Å². The molecule has 3 nitrogen and oxygen atoms in total. The molecule has 2 aromatic heterocycles. The molecule has 2 aromatic rings. The zero-order chi connectivity index (χ0) is 13.5. The van der Waals surface area contributed by atoms with Crippen LogP contribution in [0.5, 0.6) is 0 Å². The van der Waals surface area contributed by atoms with Gasteiger partial charge in [0, 0.05) is 21.0 Å². The molecule has 0 bridgehead atoms. The SMILES string of the molecule is [2H]c1nn(-c2ccc(Br)cn2)c([2H])c1C([2H])([2H])[2H]. The van der Waals surface area contributed by atoms with Crippen LogP contribution in [-0.4, -0.2) is 14.8 Å². The highest BCUT2D eigenvalue weighted by atomic mass is 79.9. The van der Waals surface area contributed by atoms with E-state index in [1.54, 1.807) is 12.1 Å². The summed E-state index contributed by atoms with van der Waals surface area (Å²) in [6.45, 7) is -2.53. The molecule has 0 aliphatic carbocycles. The summed E-state index contributed by atoms with van der Waals surface area (Å²) in [7, 11) is 0. The molecule has 0 spiro atoms. The van der Waals surface area contributed by atoms with Crippen LogP contribution in [0.15, 0.2) is 35.1 Å². The summed E-state index contributed by atoms with van der Waals surface area (Å²) in [5.41, 5.74) is -0.368. The van der Waals surface area contributed by atoms with Crippen molar-refractivity contribution in [3.05, 3.63) is 40.7 Å². The van der Waals surface area contributed by atoms with E-state index in [1.807, 2.05) is 0 Å². The van der Waals surface area contributed by atoms with Crippen molar-refractivity contribution in [2.75, 3.05) is 0 Å². The molecular weight excluding hydrogens is 230 g/mol. The number of hydrogen-bond acceptors (Lipinski definition) is 2. The predicted molar refractivity (Wildman–Crippen MR) is 53.8 cm³/mol. The van der Waals surface area contributed by atoms with Crippen molar-refractivity contribution >= 4 is 15.9 Å². The average Bonchev–Trinajstić information content (AvgIpc) is 2.54. The summed E-state index contributed by atoms with van der Waals surface area (Å²) in [5, 5.41) is 3.73. The third-order valence-corrected chi connectivity index (χ3v) is 1.88. The topological polar surface area (TPSA) is 30.7 Å². The molecule has 0 saturated carbocycles. The number of pyridine rings is 1. The highest BCUT2D eigenvalue weighted by molar-refractivity contribution is 9.10. The molecule has 66 valence electrons. The van der Waals surface area contributed by atoms with Gasteiger partial charge in [-0.25, -0.2) is 9.67 Å². The molecule has 13 heavy (non-hydrogen) atoms. The first-order chi connectivity index (χ1) is 8.30. The summed E-state index contributed by atoms with van der Waals surface area (Å²) >= 11 is 3.22. The molecule has 0 aliphatic rings. The van der Waals surface area contributed by atoms with E-state index in [0.29, 0.717) is 5.82 Å². The molecule has 0 aliphatic heterocycles. The van der Waals surface area contributed by atoms with Gasteiger partial charge in [0.2, 0.25) is 0 Å². The number of aromatic nitrogens is 3. The van der Waals surface area contributed by atoms with E-state index >= 15 is 0 Å². The second kappa shape index (κ2) is 3.30. The van der Waals surface area contributed by atoms with Gasteiger partial charge in [-0.3, -0.25) is 0 Å². The second-order valence-corrected chi connectivity index (χ2v) is 3.26. The Balaban J connectivity index is 2.57. The zero-order valence-electron chi connectivity index (χ0n) is 11.5. The Morgan fingerprint density at radius 2 is 2.54 bits per heavy atom. The maximum absolute atomic E-state index is 7.78. The number of nitrogens with zero attached hydrogens (tertiary/aromatic N) is 3. The normalized spacial score (nSPS) is 16.8. The van der Waals surface area contributed by atoms with Gasteiger partial charge in [-0.15, -0.1) is 0 Å². The Hall–Kier alpha value is -1.16. The summed E-state index contributed by atoms with van der Waals surface area (Å²) in [5.74, 6) is 0.298. The van der Waals surface area contributed by atoms with Crippen molar-refractivity contribution in [2.45, 2.75) is 6.85 Å². The van der Waals surface area contributed by atoms with E-state index in [2.05, 4.69) is 26.0 Å². The lowest BCUT2D eigenvalue weighted by atomic mass is 10.4. The highest BCUT2D eigenvalue weighted by Gasteiger charge is 1.98. The van der Waals surface area contributed by atoms with Crippen LogP contribution in [0, 0.1) is 6.85 Å². The maximum Gasteiger partial charge on any atom is 0.153 e. The van der Waals surface area contributed by atoms with Crippen molar-refractivity contribution in [1.29, 1.82) is 0 Å². The lowest BCUT2D eigenvalue weighted by Crippen LogP contribution is -1.96. The lowest BCUT2D eigenvalue weighted by molar-refractivity contribution is 0.846. The molecule has 2 heterocycles. The minimum Gasteiger partial charge on any atom is -0.236 e. The molecule has 0 saturated heterocycles. The molecule has 0 unspecified atom stereocenters. The fourth-order valence-corrected chi connectivity index (χ4v) is 1.09. The van der Waals surface area contributed by atoms with Crippen LogP contribution in [0.1, 0.15) is 12.4 Å². The quantitative estimate of drug-likeness (QED) is 0.769. The smallest absolute Gasteiger partial charge is 0.153 e. The Morgan fingerprint density at radius 1 is 1.62 bits per heavy atom. The molecule has 0 N–H and O–H groups in total. The van der Waals surface area contributed by atoms with Gasteiger partial charge in [0.1, 0.15) is 0 Å². The molecule has 0 amide bonds. The summed E-state index contributed by atoms with van der Waals surface area (Å²) < 4.78 is 38.9. The number of halogens is 1. The van der Waals surface area contributed by atoms with Crippen LogP contribution in [0.25, 0.3) is 5.82 Å². The Bertz CT molecular complexity index is 575. The largest absolute Gasteiger partial charge is 0.236 e. The van der Waals surface area contributed by atoms with Crippen LogP contribution in [0.4, 0.5) is 0 Å². The first-order valence-corrected chi connectivity index (χ1v) is 4.28. The molecule has 2 rings (SSSR count). The van der Waals surface area contributed by atoms with Gasteiger partial charge < -0.3 is 0 Å². The third kappa shape index (κ3) is 1.78. The van der Waals surface area contributed by atoms with Gasteiger partial charge in [0.15, 0.2) is 5.82 Å². The molecule has 0 atom stereocenters. The van der Waals surface area contributed by atoms with Crippen molar-refractivity contribution in [3.8, 4) is 5.82 Å². The van der Waals surface area contributed by atoms with Crippen LogP contribution in [-0.2, 0) is 0 Å². The van der Waals surface area contributed by atoms with Crippen LogP contribution in [0.2, 0.25) is 0 Å². The fraction of sp³-hybridized carbons (Fsp3) is 0.111. The second-order valence-electron chi connectivity index (χ2n) is 2.35. The third-order valence-electron chi connectivity index (χ3n) is 1.41. The van der Waals surface area contributed by atoms with Gasteiger partial charge in [-0.2, -0.15) is 5.10 Å². The summed E-state index contributed by atoms with van der Waals surface area (Å²) in [6.07, 6.45) is 0.745. The Labute approximate surface area is 91.6 Å². The van der Waals surface area contributed by atoms with Gasteiger partial charge in [-0.1, -0.05) is 0 Å². The lowest BCUT2D eigenvalue weighted by Gasteiger charge is -1.98. The van der Waals surface area contributed by atoms with E-state index < -0.39 is 13.0 Å². The Kier molecular flexibility index (Phi) is 1.11. The van der Waals surface area contributed by atoms with E-state index in [9.17, 15) is 0 Å². The first kappa shape index (κ1) is 4.37. The minimum absolute atomic E-state index is 0.298. The van der Waals surface area contributed by atoms with Gasteiger partial charge in [0.25, 0.3) is 0 Å². The molecule has 0 fully saturated rings.